The van der Waals surface area contributed by atoms with E-state index in [0.29, 0.717) is 25.2 Å². The molecule has 0 radical (unpaired) electrons. The van der Waals surface area contributed by atoms with Gasteiger partial charge in [0.25, 0.3) is 0 Å². The Hall–Kier alpha value is -2.12. The Kier molecular flexibility index (Phi) is 6.57. The van der Waals surface area contributed by atoms with Crippen molar-refractivity contribution in [2.24, 2.45) is 5.92 Å². The van der Waals surface area contributed by atoms with Gasteiger partial charge in [0.2, 0.25) is 9.84 Å². The monoisotopic (exact) mass is 341 g/mol. The highest BCUT2D eigenvalue weighted by molar-refractivity contribution is 7.92. The second-order valence-electron chi connectivity index (χ2n) is 6.14. The topological polar surface area (TPSA) is 47.0 Å². The molecule has 0 saturated carbocycles. The third-order valence-electron chi connectivity index (χ3n) is 3.62. The van der Waals surface area contributed by atoms with Crippen molar-refractivity contribution < 1.29 is 8.42 Å². The lowest BCUT2D eigenvalue weighted by Crippen LogP contribution is -2.21. The molecule has 1 aromatic heterocycles. The molecule has 24 heavy (non-hydrogen) atoms. The molecule has 0 saturated heterocycles. The molecule has 3 nitrogen and oxygen atoms in total. The highest BCUT2D eigenvalue weighted by Crippen LogP contribution is 2.18. The molecule has 0 spiro atoms. The predicted octanol–water partition coefficient (Wildman–Crippen LogP) is 3.91. The van der Waals surface area contributed by atoms with Crippen molar-refractivity contribution in [1.82, 2.24) is 4.98 Å². The molecule has 2 aromatic rings. The van der Waals surface area contributed by atoms with E-state index < -0.39 is 15.1 Å². The predicted molar refractivity (Wildman–Crippen MR) is 97.2 cm³/mol. The second kappa shape index (κ2) is 8.65. The average molecular weight is 341 g/mol. The van der Waals surface area contributed by atoms with Crippen molar-refractivity contribution in [3.05, 3.63) is 60.3 Å². The highest BCUT2D eigenvalue weighted by atomic mass is 32.2. The van der Waals surface area contributed by atoms with Crippen molar-refractivity contribution in [2.45, 2.75) is 43.4 Å². The van der Waals surface area contributed by atoms with Crippen LogP contribution in [0.3, 0.4) is 0 Å². The molecular formula is C20H23NO2S. The number of hydrogen-bond donors (Lipinski definition) is 0. The first-order chi connectivity index (χ1) is 11.5. The van der Waals surface area contributed by atoms with Crippen molar-refractivity contribution in [3.63, 3.8) is 0 Å². The summed E-state index contributed by atoms with van der Waals surface area (Å²) >= 11 is 0. The summed E-state index contributed by atoms with van der Waals surface area (Å²) in [5.74, 6) is 6.44. The molecule has 4 heteroatoms. The largest absolute Gasteiger partial charge is 0.245 e. The van der Waals surface area contributed by atoms with Crippen LogP contribution in [0.15, 0.2) is 59.8 Å². The van der Waals surface area contributed by atoms with Gasteiger partial charge in [-0.2, -0.15) is 0 Å². The number of sulfone groups is 1. The van der Waals surface area contributed by atoms with Gasteiger partial charge in [-0.3, -0.25) is 0 Å². The van der Waals surface area contributed by atoms with E-state index in [0.717, 1.165) is 5.56 Å². The smallest absolute Gasteiger partial charge is 0.209 e. The van der Waals surface area contributed by atoms with Crippen molar-refractivity contribution in [2.75, 3.05) is 0 Å². The minimum absolute atomic E-state index is 0.0990. The maximum Gasteiger partial charge on any atom is 0.209 e. The first-order valence-electron chi connectivity index (χ1n) is 8.17. The van der Waals surface area contributed by atoms with E-state index in [1.165, 1.54) is 12.3 Å². The molecule has 1 aromatic carbocycles. The van der Waals surface area contributed by atoms with Crippen LogP contribution in [-0.4, -0.2) is 18.7 Å². The Morgan fingerprint density at radius 2 is 1.75 bits per heavy atom. The van der Waals surface area contributed by atoms with Gasteiger partial charge < -0.3 is 0 Å². The van der Waals surface area contributed by atoms with Crippen molar-refractivity contribution in [3.8, 4) is 11.8 Å². The third kappa shape index (κ3) is 5.21. The molecule has 1 heterocycles. The Labute approximate surface area is 145 Å². The van der Waals surface area contributed by atoms with Gasteiger partial charge in [0.05, 0.1) is 0 Å². The second-order valence-corrected chi connectivity index (χ2v) is 8.22. The lowest BCUT2D eigenvalue weighted by molar-refractivity contribution is 0.581. The van der Waals surface area contributed by atoms with Crippen LogP contribution in [0.4, 0.5) is 0 Å². The molecule has 0 aliphatic carbocycles. The summed E-state index contributed by atoms with van der Waals surface area (Å²) in [5, 5.41) is -0.631. The summed E-state index contributed by atoms with van der Waals surface area (Å²) in [4.78, 5) is 4.01. The van der Waals surface area contributed by atoms with Crippen molar-refractivity contribution >= 4 is 9.84 Å². The molecule has 0 amide bonds. The fourth-order valence-electron chi connectivity index (χ4n) is 2.29. The van der Waals surface area contributed by atoms with Gasteiger partial charge in [0, 0.05) is 12.6 Å². The van der Waals surface area contributed by atoms with E-state index in [-0.39, 0.29) is 5.03 Å². The molecule has 1 atom stereocenters. The molecule has 0 N–H and O–H groups in total. The lowest BCUT2D eigenvalue weighted by atomic mass is 10.1. The standard InChI is InChI=1S/C20H23NO2S/c1-17(2)9-8-12-19(15-14-18-10-4-3-5-11-18)24(22,23)20-13-6-7-16-21-20/h3-7,10-11,13,16-17,19H,9,14-15H2,1-2H3. The maximum atomic E-state index is 12.9. The summed E-state index contributed by atoms with van der Waals surface area (Å²) in [5.41, 5.74) is 1.12. The first-order valence-corrected chi connectivity index (χ1v) is 9.72. The van der Waals surface area contributed by atoms with Crippen LogP contribution >= 0.6 is 0 Å². The molecular weight excluding hydrogens is 318 g/mol. The molecule has 1 unspecified atom stereocenters. The first kappa shape index (κ1) is 18.2. The minimum Gasteiger partial charge on any atom is -0.245 e. The maximum absolute atomic E-state index is 12.9. The minimum atomic E-state index is -3.55. The van der Waals surface area contributed by atoms with Crippen LogP contribution in [0.5, 0.6) is 0 Å². The lowest BCUT2D eigenvalue weighted by Gasteiger charge is -2.12. The van der Waals surface area contributed by atoms with Crippen molar-refractivity contribution in [1.29, 1.82) is 0 Å². The molecule has 2 rings (SSSR count). The zero-order valence-corrected chi connectivity index (χ0v) is 15.0. The van der Waals surface area contributed by atoms with E-state index in [2.05, 4.69) is 30.7 Å². The average Bonchev–Trinajstić information content (AvgIpc) is 2.59. The van der Waals surface area contributed by atoms with Crippen LogP contribution in [0.2, 0.25) is 0 Å². The van der Waals surface area contributed by atoms with E-state index in [9.17, 15) is 8.42 Å². The van der Waals surface area contributed by atoms with Gasteiger partial charge in [-0.05, 0) is 36.5 Å². The van der Waals surface area contributed by atoms with Crippen LogP contribution in [0, 0.1) is 17.8 Å². The normalized spacial score (nSPS) is 12.5. The molecule has 0 aliphatic heterocycles. The Bertz CT molecular complexity index is 788. The summed E-state index contributed by atoms with van der Waals surface area (Å²) in [6.07, 6.45) is 3.34. The highest BCUT2D eigenvalue weighted by Gasteiger charge is 2.26. The SMILES string of the molecule is CC(C)CC#CC(CCc1ccccc1)S(=O)(=O)c1ccccn1. The summed E-state index contributed by atoms with van der Waals surface area (Å²) in [7, 11) is -3.55. The number of hydrogen-bond acceptors (Lipinski definition) is 3. The number of nitrogens with zero attached hydrogens (tertiary/aromatic N) is 1. The van der Waals surface area contributed by atoms with E-state index in [1.54, 1.807) is 12.1 Å². The summed E-state index contributed by atoms with van der Waals surface area (Å²) in [6.45, 7) is 4.14. The Morgan fingerprint density at radius 3 is 2.38 bits per heavy atom. The number of pyridine rings is 1. The third-order valence-corrected chi connectivity index (χ3v) is 5.54. The summed E-state index contributed by atoms with van der Waals surface area (Å²) < 4.78 is 25.7. The van der Waals surface area contributed by atoms with Crippen LogP contribution in [0.1, 0.15) is 32.3 Å². The fourth-order valence-corrected chi connectivity index (χ4v) is 3.72. The van der Waals surface area contributed by atoms with E-state index in [4.69, 9.17) is 0 Å². The van der Waals surface area contributed by atoms with Gasteiger partial charge >= 0.3 is 0 Å². The number of aromatic nitrogens is 1. The van der Waals surface area contributed by atoms with Gasteiger partial charge in [0.15, 0.2) is 5.03 Å². The van der Waals surface area contributed by atoms with E-state index >= 15 is 0 Å². The zero-order chi connectivity index (χ0) is 17.4. The van der Waals surface area contributed by atoms with Gasteiger partial charge in [-0.15, -0.1) is 5.92 Å². The fraction of sp³-hybridized carbons (Fsp3) is 0.350. The zero-order valence-electron chi connectivity index (χ0n) is 14.1. The van der Waals surface area contributed by atoms with Crippen LogP contribution in [-0.2, 0) is 16.3 Å². The quantitative estimate of drug-likeness (QED) is 0.749. The number of aryl methyl sites for hydroxylation is 1. The van der Waals surface area contributed by atoms with Gasteiger partial charge in [-0.1, -0.05) is 56.2 Å². The molecule has 0 aliphatic rings. The molecule has 0 fully saturated rings. The molecule has 126 valence electrons. The van der Waals surface area contributed by atoms with Crippen LogP contribution < -0.4 is 0 Å². The molecule has 0 bridgehead atoms. The van der Waals surface area contributed by atoms with Crippen LogP contribution in [0.25, 0.3) is 0 Å². The summed E-state index contributed by atoms with van der Waals surface area (Å²) in [6, 6.07) is 14.8. The Balaban J connectivity index is 2.23. The van der Waals surface area contributed by atoms with Gasteiger partial charge in [0.1, 0.15) is 5.25 Å². The van der Waals surface area contributed by atoms with E-state index in [1.807, 2.05) is 30.3 Å². The number of rotatable bonds is 6. The van der Waals surface area contributed by atoms with Gasteiger partial charge in [-0.25, -0.2) is 13.4 Å². The Morgan fingerprint density at radius 1 is 1.04 bits per heavy atom. The number of benzene rings is 1.